The van der Waals surface area contributed by atoms with E-state index in [9.17, 15) is 5.11 Å². The van der Waals surface area contributed by atoms with Crippen LogP contribution in [0, 0.1) is 6.92 Å². The standard InChI is InChI=1S/C15H19N5O2/c1-10(21)6-15-16-4-5-20(15)9-12-7-14(18-22-12)13-8-17-19(3)11(13)2/h4-5,7-8,10,21H,6,9H2,1-3H3. The van der Waals surface area contributed by atoms with E-state index in [2.05, 4.69) is 15.2 Å². The molecule has 0 bridgehead atoms. The molecule has 3 aromatic rings. The van der Waals surface area contributed by atoms with Gasteiger partial charge >= 0.3 is 0 Å². The Hall–Kier alpha value is -2.41. The third-order valence-electron chi connectivity index (χ3n) is 3.68. The summed E-state index contributed by atoms with van der Waals surface area (Å²) < 4.78 is 9.18. The Morgan fingerprint density at radius 3 is 2.91 bits per heavy atom. The highest BCUT2D eigenvalue weighted by atomic mass is 16.5. The normalized spacial score (nSPS) is 12.7. The first-order chi connectivity index (χ1) is 10.5. The SMILES string of the molecule is Cc1c(-c2cc(Cn3ccnc3CC(C)O)on2)cnn1C. The molecule has 22 heavy (non-hydrogen) atoms. The van der Waals surface area contributed by atoms with Crippen LogP contribution in [0.4, 0.5) is 0 Å². The molecule has 3 aromatic heterocycles. The van der Waals surface area contributed by atoms with Crippen LogP contribution in [0.5, 0.6) is 0 Å². The average molecular weight is 301 g/mol. The quantitative estimate of drug-likeness (QED) is 0.773. The minimum atomic E-state index is -0.426. The summed E-state index contributed by atoms with van der Waals surface area (Å²) in [5.74, 6) is 1.56. The van der Waals surface area contributed by atoms with Crippen molar-refractivity contribution in [3.63, 3.8) is 0 Å². The summed E-state index contributed by atoms with van der Waals surface area (Å²) in [6, 6.07) is 1.91. The van der Waals surface area contributed by atoms with Gasteiger partial charge in [0, 0.05) is 43.2 Å². The van der Waals surface area contributed by atoms with E-state index in [0.717, 1.165) is 28.5 Å². The fraction of sp³-hybridized carbons (Fsp3) is 0.400. The van der Waals surface area contributed by atoms with Crippen LogP contribution in [0.2, 0.25) is 0 Å². The van der Waals surface area contributed by atoms with Crippen molar-refractivity contribution in [1.82, 2.24) is 24.5 Å². The number of aryl methyl sites for hydroxylation is 1. The zero-order valence-corrected chi connectivity index (χ0v) is 12.9. The largest absolute Gasteiger partial charge is 0.393 e. The summed E-state index contributed by atoms with van der Waals surface area (Å²) in [7, 11) is 1.90. The fourth-order valence-corrected chi connectivity index (χ4v) is 2.37. The predicted octanol–water partition coefficient (Wildman–Crippen LogP) is 1.55. The Bertz CT molecular complexity index is 769. The summed E-state index contributed by atoms with van der Waals surface area (Å²) in [5, 5.41) is 17.8. The first kappa shape index (κ1) is 14.5. The molecule has 1 N–H and O–H groups in total. The number of rotatable bonds is 5. The first-order valence-corrected chi connectivity index (χ1v) is 7.17. The molecule has 3 rings (SSSR count). The number of hydrogen-bond donors (Lipinski definition) is 1. The van der Waals surface area contributed by atoms with E-state index < -0.39 is 6.10 Å². The van der Waals surface area contributed by atoms with Crippen LogP contribution in [0.25, 0.3) is 11.3 Å². The first-order valence-electron chi connectivity index (χ1n) is 7.17. The zero-order chi connectivity index (χ0) is 15.7. The molecule has 7 heteroatoms. The van der Waals surface area contributed by atoms with E-state index in [0.29, 0.717) is 13.0 Å². The van der Waals surface area contributed by atoms with Gasteiger partial charge in [-0.2, -0.15) is 5.10 Å². The number of imidazole rings is 1. The number of nitrogens with zero attached hydrogens (tertiary/aromatic N) is 5. The highest BCUT2D eigenvalue weighted by Gasteiger charge is 2.14. The van der Waals surface area contributed by atoms with E-state index in [1.165, 1.54) is 0 Å². The molecule has 0 radical (unpaired) electrons. The Morgan fingerprint density at radius 2 is 2.23 bits per heavy atom. The van der Waals surface area contributed by atoms with Gasteiger partial charge in [-0.3, -0.25) is 4.68 Å². The minimum Gasteiger partial charge on any atom is -0.393 e. The molecular formula is C15H19N5O2. The number of aromatic nitrogens is 5. The Morgan fingerprint density at radius 1 is 1.41 bits per heavy atom. The topological polar surface area (TPSA) is 81.9 Å². The van der Waals surface area contributed by atoms with Crippen molar-refractivity contribution in [2.24, 2.45) is 7.05 Å². The maximum atomic E-state index is 9.50. The zero-order valence-electron chi connectivity index (χ0n) is 12.9. The predicted molar refractivity (Wildman–Crippen MR) is 80.2 cm³/mol. The molecule has 0 spiro atoms. The van der Waals surface area contributed by atoms with Gasteiger partial charge in [-0.25, -0.2) is 4.98 Å². The molecule has 1 atom stereocenters. The van der Waals surface area contributed by atoms with Gasteiger partial charge in [0.1, 0.15) is 11.5 Å². The smallest absolute Gasteiger partial charge is 0.157 e. The van der Waals surface area contributed by atoms with Gasteiger partial charge in [-0.1, -0.05) is 5.16 Å². The van der Waals surface area contributed by atoms with Crippen molar-refractivity contribution in [2.45, 2.75) is 32.9 Å². The second-order valence-corrected chi connectivity index (χ2v) is 5.47. The molecule has 0 aliphatic heterocycles. The van der Waals surface area contributed by atoms with Gasteiger partial charge in [-0.15, -0.1) is 0 Å². The van der Waals surface area contributed by atoms with Gasteiger partial charge in [-0.05, 0) is 13.8 Å². The summed E-state index contributed by atoms with van der Waals surface area (Å²) in [6.07, 6.45) is 5.46. The molecule has 0 amide bonds. The highest BCUT2D eigenvalue weighted by molar-refractivity contribution is 5.60. The molecular weight excluding hydrogens is 282 g/mol. The molecule has 0 aromatic carbocycles. The Labute approximate surface area is 128 Å². The lowest BCUT2D eigenvalue weighted by atomic mass is 10.2. The minimum absolute atomic E-state index is 0.426. The third kappa shape index (κ3) is 2.80. The van der Waals surface area contributed by atoms with Crippen LogP contribution >= 0.6 is 0 Å². The number of aliphatic hydroxyl groups excluding tert-OH is 1. The molecule has 0 fully saturated rings. The second-order valence-electron chi connectivity index (χ2n) is 5.47. The fourth-order valence-electron chi connectivity index (χ4n) is 2.37. The lowest BCUT2D eigenvalue weighted by Gasteiger charge is -2.06. The third-order valence-corrected chi connectivity index (χ3v) is 3.68. The van der Waals surface area contributed by atoms with Crippen molar-refractivity contribution >= 4 is 0 Å². The second kappa shape index (κ2) is 5.76. The maximum Gasteiger partial charge on any atom is 0.157 e. The lowest BCUT2D eigenvalue weighted by molar-refractivity contribution is 0.191. The van der Waals surface area contributed by atoms with Crippen LogP contribution in [0.3, 0.4) is 0 Å². The highest BCUT2D eigenvalue weighted by Crippen LogP contribution is 2.22. The van der Waals surface area contributed by atoms with Crippen LogP contribution in [0.1, 0.15) is 24.2 Å². The van der Waals surface area contributed by atoms with E-state index in [1.807, 2.05) is 30.8 Å². The van der Waals surface area contributed by atoms with Crippen LogP contribution in [0.15, 0.2) is 29.2 Å². The van der Waals surface area contributed by atoms with Gasteiger partial charge in [0.15, 0.2) is 5.76 Å². The monoisotopic (exact) mass is 301 g/mol. The summed E-state index contributed by atoms with van der Waals surface area (Å²) in [4.78, 5) is 4.26. The molecule has 1 unspecified atom stereocenters. The van der Waals surface area contributed by atoms with Crippen molar-refractivity contribution in [1.29, 1.82) is 0 Å². The maximum absolute atomic E-state index is 9.50. The van der Waals surface area contributed by atoms with Crippen LogP contribution in [-0.2, 0) is 20.0 Å². The summed E-state index contributed by atoms with van der Waals surface area (Å²) in [6.45, 7) is 4.28. The summed E-state index contributed by atoms with van der Waals surface area (Å²) in [5.41, 5.74) is 2.78. The number of hydrogen-bond acceptors (Lipinski definition) is 5. The molecule has 0 aliphatic carbocycles. The average Bonchev–Trinajstić information content (AvgIpc) is 3.15. The van der Waals surface area contributed by atoms with Gasteiger partial charge in [0.2, 0.25) is 0 Å². The van der Waals surface area contributed by atoms with Gasteiger partial charge in [0.05, 0.1) is 18.8 Å². The molecule has 0 saturated carbocycles. The lowest BCUT2D eigenvalue weighted by Crippen LogP contribution is -2.11. The van der Waals surface area contributed by atoms with Crippen molar-refractivity contribution in [3.05, 3.63) is 41.9 Å². The van der Waals surface area contributed by atoms with E-state index in [4.69, 9.17) is 4.52 Å². The van der Waals surface area contributed by atoms with Crippen molar-refractivity contribution in [2.75, 3.05) is 0 Å². The summed E-state index contributed by atoms with van der Waals surface area (Å²) >= 11 is 0. The van der Waals surface area contributed by atoms with Gasteiger partial charge in [0.25, 0.3) is 0 Å². The molecule has 0 saturated heterocycles. The van der Waals surface area contributed by atoms with Crippen molar-refractivity contribution < 1.29 is 9.63 Å². The Balaban J connectivity index is 1.80. The molecule has 116 valence electrons. The van der Waals surface area contributed by atoms with E-state index in [1.54, 1.807) is 24.0 Å². The molecule has 0 aliphatic rings. The van der Waals surface area contributed by atoms with Crippen molar-refractivity contribution in [3.8, 4) is 11.3 Å². The van der Waals surface area contributed by atoms with Gasteiger partial charge < -0.3 is 14.2 Å². The van der Waals surface area contributed by atoms with Crippen LogP contribution < -0.4 is 0 Å². The van der Waals surface area contributed by atoms with Crippen LogP contribution in [-0.4, -0.2) is 35.7 Å². The van der Waals surface area contributed by atoms with E-state index >= 15 is 0 Å². The molecule has 7 nitrogen and oxygen atoms in total. The molecule has 3 heterocycles. The van der Waals surface area contributed by atoms with E-state index in [-0.39, 0.29) is 0 Å². The number of aliphatic hydroxyl groups is 1. The Kier molecular flexibility index (Phi) is 3.81.